The fourth-order valence-corrected chi connectivity index (χ4v) is 2.35. The second-order valence-corrected chi connectivity index (χ2v) is 5.21. The number of rotatable bonds is 2. The van der Waals surface area contributed by atoms with E-state index in [0.29, 0.717) is 10.4 Å². The minimum atomic E-state index is 0.0866. The Morgan fingerprint density at radius 3 is 2.47 bits per heavy atom. The van der Waals surface area contributed by atoms with Gasteiger partial charge >= 0.3 is 0 Å². The van der Waals surface area contributed by atoms with Crippen molar-refractivity contribution < 1.29 is 4.79 Å². The lowest BCUT2D eigenvalue weighted by atomic mass is 10.00. The Morgan fingerprint density at radius 1 is 1.18 bits per heavy atom. The molecule has 1 fully saturated rings. The predicted octanol–water partition coefficient (Wildman–Crippen LogP) is 3.15. The highest BCUT2D eigenvalue weighted by atomic mass is 79.9. The van der Waals surface area contributed by atoms with Crippen LogP contribution < -0.4 is 5.32 Å². The lowest BCUT2D eigenvalue weighted by Crippen LogP contribution is -2.22. The Balaban J connectivity index is 1.93. The number of anilines is 1. The Bertz CT molecular complexity index is 372. The van der Waals surface area contributed by atoms with Gasteiger partial charge in [-0.1, -0.05) is 25.7 Å². The van der Waals surface area contributed by atoms with Crippen LogP contribution in [-0.2, 0) is 4.79 Å². The highest BCUT2D eigenvalue weighted by molar-refractivity contribution is 9.10. The number of carbonyl (C=O) groups is 1. The second-order valence-electron chi connectivity index (χ2n) is 4.40. The van der Waals surface area contributed by atoms with Gasteiger partial charge in [0.15, 0.2) is 5.82 Å². The van der Waals surface area contributed by atoms with Crippen molar-refractivity contribution in [3.8, 4) is 0 Å². The van der Waals surface area contributed by atoms with Crippen LogP contribution in [0.1, 0.15) is 38.5 Å². The SMILES string of the molecule is O=C(Nc1cnc(Br)cn1)C1CCCCCC1. The summed E-state index contributed by atoms with van der Waals surface area (Å²) in [4.78, 5) is 20.1. The van der Waals surface area contributed by atoms with Crippen molar-refractivity contribution in [1.29, 1.82) is 0 Å². The molecule has 5 heteroatoms. The topological polar surface area (TPSA) is 54.9 Å². The molecule has 17 heavy (non-hydrogen) atoms. The number of aromatic nitrogens is 2. The molecule has 1 N–H and O–H groups in total. The number of carbonyl (C=O) groups excluding carboxylic acids is 1. The summed E-state index contributed by atoms with van der Waals surface area (Å²) in [5.41, 5.74) is 0. The largest absolute Gasteiger partial charge is 0.309 e. The average Bonchev–Trinajstić information content (AvgIpc) is 2.61. The molecule has 1 aromatic heterocycles. The molecule has 2 rings (SSSR count). The van der Waals surface area contributed by atoms with E-state index in [-0.39, 0.29) is 11.8 Å². The van der Waals surface area contributed by atoms with E-state index in [1.807, 2.05) is 0 Å². The molecule has 1 amide bonds. The van der Waals surface area contributed by atoms with Crippen molar-refractivity contribution in [1.82, 2.24) is 9.97 Å². The van der Waals surface area contributed by atoms with Crippen LogP contribution in [0, 0.1) is 5.92 Å². The highest BCUT2D eigenvalue weighted by Crippen LogP contribution is 2.23. The summed E-state index contributed by atoms with van der Waals surface area (Å²) in [6.07, 6.45) is 9.96. The molecule has 0 spiro atoms. The van der Waals surface area contributed by atoms with Crippen LogP contribution in [0.25, 0.3) is 0 Å². The molecular weight excluding hydrogens is 282 g/mol. The normalized spacial score (nSPS) is 17.5. The first-order valence-electron chi connectivity index (χ1n) is 6.04. The van der Waals surface area contributed by atoms with E-state index in [9.17, 15) is 4.79 Å². The first-order valence-corrected chi connectivity index (χ1v) is 6.83. The van der Waals surface area contributed by atoms with Gasteiger partial charge in [-0.2, -0.15) is 0 Å². The van der Waals surface area contributed by atoms with Gasteiger partial charge in [0.25, 0.3) is 0 Å². The zero-order valence-corrected chi connectivity index (χ0v) is 11.2. The molecule has 0 saturated heterocycles. The fraction of sp³-hybridized carbons (Fsp3) is 0.583. The Labute approximate surface area is 109 Å². The smallest absolute Gasteiger partial charge is 0.228 e. The third-order valence-electron chi connectivity index (χ3n) is 3.10. The van der Waals surface area contributed by atoms with E-state index in [1.54, 1.807) is 12.4 Å². The zero-order valence-electron chi connectivity index (χ0n) is 9.66. The van der Waals surface area contributed by atoms with Gasteiger partial charge in [0.05, 0.1) is 12.4 Å². The monoisotopic (exact) mass is 297 g/mol. The van der Waals surface area contributed by atoms with E-state index in [4.69, 9.17) is 0 Å². The van der Waals surface area contributed by atoms with Crippen molar-refractivity contribution in [3.63, 3.8) is 0 Å². The number of nitrogens with zero attached hydrogens (tertiary/aromatic N) is 2. The van der Waals surface area contributed by atoms with Crippen LogP contribution >= 0.6 is 15.9 Å². The van der Waals surface area contributed by atoms with Crippen LogP contribution in [0.5, 0.6) is 0 Å². The van der Waals surface area contributed by atoms with Gasteiger partial charge in [-0.3, -0.25) is 4.79 Å². The summed E-state index contributed by atoms with van der Waals surface area (Å²) < 4.78 is 0.671. The summed E-state index contributed by atoms with van der Waals surface area (Å²) in [6, 6.07) is 0. The van der Waals surface area contributed by atoms with E-state index in [2.05, 4.69) is 31.2 Å². The van der Waals surface area contributed by atoms with Crippen LogP contribution in [-0.4, -0.2) is 15.9 Å². The van der Waals surface area contributed by atoms with E-state index in [1.165, 1.54) is 12.8 Å². The second kappa shape index (κ2) is 6.10. The first-order chi connectivity index (χ1) is 8.25. The Hall–Kier alpha value is -0.970. The number of hydrogen-bond donors (Lipinski definition) is 1. The summed E-state index contributed by atoms with van der Waals surface area (Å²) in [5.74, 6) is 0.758. The van der Waals surface area contributed by atoms with Crippen molar-refractivity contribution in [2.75, 3.05) is 5.32 Å². The first kappa shape index (κ1) is 12.5. The van der Waals surface area contributed by atoms with Crippen LogP contribution in [0.3, 0.4) is 0 Å². The molecule has 4 nitrogen and oxygen atoms in total. The van der Waals surface area contributed by atoms with Crippen molar-refractivity contribution in [2.24, 2.45) is 5.92 Å². The highest BCUT2D eigenvalue weighted by Gasteiger charge is 2.20. The maximum absolute atomic E-state index is 12.0. The molecule has 0 radical (unpaired) electrons. The maximum Gasteiger partial charge on any atom is 0.228 e. The standard InChI is InChI=1S/C12H16BrN3O/c13-10-7-15-11(8-14-10)16-12(17)9-5-3-1-2-4-6-9/h7-9H,1-6H2,(H,15,16,17). The number of amides is 1. The zero-order chi connectivity index (χ0) is 12.1. The minimum Gasteiger partial charge on any atom is -0.309 e. The number of nitrogens with one attached hydrogen (secondary N) is 1. The molecule has 1 aliphatic rings. The molecule has 0 unspecified atom stereocenters. The molecule has 1 aliphatic carbocycles. The molecule has 1 aromatic rings. The van der Waals surface area contributed by atoms with Crippen LogP contribution in [0.15, 0.2) is 17.0 Å². The van der Waals surface area contributed by atoms with Crippen LogP contribution in [0.4, 0.5) is 5.82 Å². The lowest BCUT2D eigenvalue weighted by Gasteiger charge is -2.13. The lowest BCUT2D eigenvalue weighted by molar-refractivity contribution is -0.120. The maximum atomic E-state index is 12.0. The van der Waals surface area contributed by atoms with Gasteiger partial charge in [0.1, 0.15) is 4.60 Å². The van der Waals surface area contributed by atoms with Crippen molar-refractivity contribution in [3.05, 3.63) is 17.0 Å². The summed E-state index contributed by atoms with van der Waals surface area (Å²) in [6.45, 7) is 0. The number of hydrogen-bond acceptors (Lipinski definition) is 3. The van der Waals surface area contributed by atoms with E-state index < -0.39 is 0 Å². The average molecular weight is 298 g/mol. The third kappa shape index (κ3) is 3.77. The van der Waals surface area contributed by atoms with Gasteiger partial charge in [-0.25, -0.2) is 9.97 Å². The van der Waals surface area contributed by atoms with Gasteiger partial charge in [0.2, 0.25) is 5.91 Å². The van der Waals surface area contributed by atoms with Crippen molar-refractivity contribution >= 4 is 27.7 Å². The molecule has 0 bridgehead atoms. The summed E-state index contributed by atoms with van der Waals surface area (Å²) >= 11 is 3.21. The molecule has 92 valence electrons. The van der Waals surface area contributed by atoms with Gasteiger partial charge in [-0.15, -0.1) is 0 Å². The minimum absolute atomic E-state index is 0.0866. The van der Waals surface area contributed by atoms with Gasteiger partial charge < -0.3 is 5.32 Å². The van der Waals surface area contributed by atoms with E-state index in [0.717, 1.165) is 25.7 Å². The quantitative estimate of drug-likeness (QED) is 0.853. The third-order valence-corrected chi connectivity index (χ3v) is 3.51. The Morgan fingerprint density at radius 2 is 1.88 bits per heavy atom. The van der Waals surface area contributed by atoms with Gasteiger partial charge in [0, 0.05) is 5.92 Å². The molecular formula is C12H16BrN3O. The molecule has 0 aromatic carbocycles. The van der Waals surface area contributed by atoms with Gasteiger partial charge in [-0.05, 0) is 28.8 Å². The van der Waals surface area contributed by atoms with Crippen LogP contribution in [0.2, 0.25) is 0 Å². The predicted molar refractivity (Wildman–Crippen MR) is 69.6 cm³/mol. The van der Waals surface area contributed by atoms with E-state index >= 15 is 0 Å². The Kier molecular flexibility index (Phi) is 4.48. The molecule has 1 heterocycles. The number of halogens is 1. The summed E-state index contributed by atoms with van der Waals surface area (Å²) in [5, 5.41) is 2.83. The molecule has 0 atom stereocenters. The molecule has 1 saturated carbocycles. The summed E-state index contributed by atoms with van der Waals surface area (Å²) in [7, 11) is 0. The fourth-order valence-electron chi connectivity index (χ4n) is 2.15. The molecule has 0 aliphatic heterocycles. The van der Waals surface area contributed by atoms with Crippen molar-refractivity contribution in [2.45, 2.75) is 38.5 Å².